The standard InChI is InChI=1S/C15H18N8S.ClH/c1-22-13(11-7-9-16-10-8-11)17-18-14(22)24-15-19-20-21-23(15)12-5-3-2-4-6-12;/h2-6,11,16H,7-10H2,1H3;1H. The van der Waals surface area contributed by atoms with Gasteiger partial charge in [0.25, 0.3) is 0 Å². The first-order valence-corrected chi connectivity index (χ1v) is 8.76. The Hall–Kier alpha value is -1.97. The molecule has 0 amide bonds. The molecule has 0 radical (unpaired) electrons. The van der Waals surface area contributed by atoms with Crippen molar-refractivity contribution in [2.75, 3.05) is 13.1 Å². The predicted octanol–water partition coefficient (Wildman–Crippen LogP) is 1.83. The van der Waals surface area contributed by atoms with E-state index in [2.05, 4.69) is 35.6 Å². The number of benzene rings is 1. The van der Waals surface area contributed by atoms with E-state index in [1.54, 1.807) is 4.68 Å². The molecular weight excluding hydrogens is 360 g/mol. The molecule has 0 spiro atoms. The van der Waals surface area contributed by atoms with Gasteiger partial charge in [0, 0.05) is 13.0 Å². The fourth-order valence-corrected chi connectivity index (χ4v) is 3.69. The minimum absolute atomic E-state index is 0. The van der Waals surface area contributed by atoms with Crippen molar-refractivity contribution in [1.82, 2.24) is 40.3 Å². The number of tetrazole rings is 1. The van der Waals surface area contributed by atoms with Crippen LogP contribution in [0, 0.1) is 0 Å². The third-order valence-electron chi connectivity index (χ3n) is 4.20. The van der Waals surface area contributed by atoms with E-state index in [-0.39, 0.29) is 12.4 Å². The van der Waals surface area contributed by atoms with Crippen LogP contribution in [0.2, 0.25) is 0 Å². The highest BCUT2D eigenvalue weighted by Crippen LogP contribution is 2.29. The number of nitrogens with one attached hydrogen (secondary N) is 1. The molecule has 1 saturated heterocycles. The van der Waals surface area contributed by atoms with Gasteiger partial charge in [-0.05, 0) is 60.3 Å². The molecule has 3 aromatic rings. The molecule has 1 aliphatic rings. The maximum absolute atomic E-state index is 4.41. The SMILES string of the molecule is Cl.Cn1c(Sc2nnnn2-c2ccccc2)nnc1C1CCNCC1. The molecule has 4 rings (SSSR count). The maximum atomic E-state index is 4.41. The number of halogens is 1. The third-order valence-corrected chi connectivity index (χ3v) is 5.17. The minimum atomic E-state index is 0. The van der Waals surface area contributed by atoms with Crippen molar-refractivity contribution in [1.29, 1.82) is 0 Å². The van der Waals surface area contributed by atoms with Crippen LogP contribution in [0.1, 0.15) is 24.6 Å². The van der Waals surface area contributed by atoms with Crippen LogP contribution in [0.5, 0.6) is 0 Å². The second kappa shape index (κ2) is 7.94. The van der Waals surface area contributed by atoms with Crippen molar-refractivity contribution in [2.24, 2.45) is 7.05 Å². The van der Waals surface area contributed by atoms with E-state index in [1.165, 1.54) is 11.8 Å². The van der Waals surface area contributed by atoms with Gasteiger partial charge in [0.1, 0.15) is 5.82 Å². The molecule has 1 fully saturated rings. The fourth-order valence-electron chi connectivity index (χ4n) is 2.91. The summed E-state index contributed by atoms with van der Waals surface area (Å²) < 4.78 is 3.77. The molecule has 0 atom stereocenters. The van der Waals surface area contributed by atoms with Crippen LogP contribution >= 0.6 is 24.2 Å². The molecule has 10 heteroatoms. The first-order valence-electron chi connectivity index (χ1n) is 7.94. The van der Waals surface area contributed by atoms with Gasteiger partial charge < -0.3 is 9.88 Å². The lowest BCUT2D eigenvalue weighted by atomic mass is 9.97. The second-order valence-corrected chi connectivity index (χ2v) is 6.67. The van der Waals surface area contributed by atoms with Crippen LogP contribution in [0.15, 0.2) is 40.6 Å². The summed E-state index contributed by atoms with van der Waals surface area (Å²) in [6, 6.07) is 9.83. The monoisotopic (exact) mass is 378 g/mol. The van der Waals surface area contributed by atoms with Crippen molar-refractivity contribution < 1.29 is 0 Å². The Morgan fingerprint density at radius 1 is 1.04 bits per heavy atom. The van der Waals surface area contributed by atoms with Crippen molar-refractivity contribution in [2.45, 2.75) is 29.1 Å². The topological polar surface area (TPSA) is 86.3 Å². The first kappa shape index (κ1) is 17.8. The predicted molar refractivity (Wildman–Crippen MR) is 96.4 cm³/mol. The Balaban J connectivity index is 0.00000182. The summed E-state index contributed by atoms with van der Waals surface area (Å²) in [5, 5.41) is 25.6. The van der Waals surface area contributed by atoms with Crippen molar-refractivity contribution in [3.05, 3.63) is 36.2 Å². The van der Waals surface area contributed by atoms with Crippen LogP contribution in [0.4, 0.5) is 0 Å². The van der Waals surface area contributed by atoms with Gasteiger partial charge in [0.15, 0.2) is 5.16 Å². The molecule has 2 aromatic heterocycles. The van der Waals surface area contributed by atoms with E-state index in [9.17, 15) is 0 Å². The Morgan fingerprint density at radius 3 is 2.56 bits per heavy atom. The van der Waals surface area contributed by atoms with E-state index < -0.39 is 0 Å². The summed E-state index contributed by atoms with van der Waals surface area (Å²) in [4.78, 5) is 0. The largest absolute Gasteiger partial charge is 0.317 e. The van der Waals surface area contributed by atoms with Gasteiger partial charge >= 0.3 is 0 Å². The summed E-state index contributed by atoms with van der Waals surface area (Å²) in [5.41, 5.74) is 0.922. The van der Waals surface area contributed by atoms with E-state index in [0.717, 1.165) is 42.6 Å². The van der Waals surface area contributed by atoms with Gasteiger partial charge in [-0.3, -0.25) is 0 Å². The molecule has 0 bridgehead atoms. The second-order valence-electron chi connectivity index (χ2n) is 5.73. The highest BCUT2D eigenvalue weighted by atomic mass is 35.5. The lowest BCUT2D eigenvalue weighted by Gasteiger charge is -2.21. The Kier molecular flexibility index (Phi) is 5.67. The summed E-state index contributed by atoms with van der Waals surface area (Å²) in [6.45, 7) is 2.07. The summed E-state index contributed by atoms with van der Waals surface area (Å²) in [5.74, 6) is 1.50. The van der Waals surface area contributed by atoms with E-state index in [0.29, 0.717) is 11.1 Å². The molecule has 1 aromatic carbocycles. The zero-order valence-corrected chi connectivity index (χ0v) is 15.4. The Bertz CT molecular complexity index is 812. The number of piperidine rings is 1. The van der Waals surface area contributed by atoms with Crippen LogP contribution in [-0.2, 0) is 7.05 Å². The molecule has 0 unspecified atom stereocenters. The van der Waals surface area contributed by atoms with E-state index in [4.69, 9.17) is 0 Å². The lowest BCUT2D eigenvalue weighted by molar-refractivity contribution is 0.434. The van der Waals surface area contributed by atoms with Gasteiger partial charge in [-0.15, -0.1) is 27.7 Å². The molecule has 1 N–H and O–H groups in total. The zero-order chi connectivity index (χ0) is 16.4. The summed E-state index contributed by atoms with van der Waals surface area (Å²) in [7, 11) is 2.01. The molecule has 132 valence electrons. The average molecular weight is 379 g/mol. The minimum Gasteiger partial charge on any atom is -0.317 e. The molecule has 0 aliphatic carbocycles. The van der Waals surface area contributed by atoms with Gasteiger partial charge in [0.05, 0.1) is 5.69 Å². The molecule has 1 aliphatic heterocycles. The van der Waals surface area contributed by atoms with Crippen LogP contribution < -0.4 is 5.32 Å². The number of hydrogen-bond donors (Lipinski definition) is 1. The summed E-state index contributed by atoms with van der Waals surface area (Å²) >= 11 is 1.43. The van der Waals surface area contributed by atoms with Crippen molar-refractivity contribution >= 4 is 24.2 Å². The number of nitrogens with zero attached hydrogens (tertiary/aromatic N) is 7. The smallest absolute Gasteiger partial charge is 0.221 e. The molecular formula is C15H19ClN8S. The summed E-state index contributed by atoms with van der Waals surface area (Å²) in [6.07, 6.45) is 2.19. The fraction of sp³-hybridized carbons (Fsp3) is 0.400. The van der Waals surface area contributed by atoms with Crippen molar-refractivity contribution in [3.8, 4) is 5.69 Å². The third kappa shape index (κ3) is 3.68. The van der Waals surface area contributed by atoms with Crippen LogP contribution in [0.25, 0.3) is 5.69 Å². The van der Waals surface area contributed by atoms with Gasteiger partial charge in [-0.25, -0.2) is 0 Å². The average Bonchev–Trinajstić information content (AvgIpc) is 3.24. The number of para-hydroxylation sites is 1. The van der Waals surface area contributed by atoms with Gasteiger partial charge in [-0.2, -0.15) is 4.68 Å². The van der Waals surface area contributed by atoms with E-state index >= 15 is 0 Å². The number of hydrogen-bond acceptors (Lipinski definition) is 7. The zero-order valence-electron chi connectivity index (χ0n) is 13.7. The van der Waals surface area contributed by atoms with E-state index in [1.807, 2.05) is 37.4 Å². The maximum Gasteiger partial charge on any atom is 0.221 e. The van der Waals surface area contributed by atoms with Gasteiger partial charge in [0.2, 0.25) is 5.16 Å². The quantitative estimate of drug-likeness (QED) is 0.741. The lowest BCUT2D eigenvalue weighted by Crippen LogP contribution is -2.27. The van der Waals surface area contributed by atoms with Crippen molar-refractivity contribution in [3.63, 3.8) is 0 Å². The number of aromatic nitrogens is 7. The normalized spacial score (nSPS) is 15.1. The van der Waals surface area contributed by atoms with Crippen LogP contribution in [0.3, 0.4) is 0 Å². The molecule has 0 saturated carbocycles. The molecule has 8 nitrogen and oxygen atoms in total. The van der Waals surface area contributed by atoms with Gasteiger partial charge in [-0.1, -0.05) is 18.2 Å². The highest BCUT2D eigenvalue weighted by molar-refractivity contribution is 7.99. The first-order chi connectivity index (χ1) is 11.8. The Labute approximate surface area is 155 Å². The molecule has 25 heavy (non-hydrogen) atoms. The van der Waals surface area contributed by atoms with Crippen LogP contribution in [-0.4, -0.2) is 48.1 Å². The molecule has 3 heterocycles. The highest BCUT2D eigenvalue weighted by Gasteiger charge is 2.23. The number of rotatable bonds is 4. The Morgan fingerprint density at radius 2 is 1.80 bits per heavy atom.